The van der Waals surface area contributed by atoms with E-state index < -0.39 is 0 Å². The van der Waals surface area contributed by atoms with E-state index in [0.29, 0.717) is 5.95 Å². The first-order valence-electron chi connectivity index (χ1n) is 8.08. The molecule has 122 valence electrons. The highest BCUT2D eigenvalue weighted by atomic mass is 15.2. The Morgan fingerprint density at radius 1 is 0.958 bits per heavy atom. The Hall–Kier alpha value is -2.88. The summed E-state index contributed by atoms with van der Waals surface area (Å²) in [5.74, 6) is 1.55. The number of benzene rings is 2. The first-order chi connectivity index (χ1) is 11.7. The fraction of sp³-hybridized carbons (Fsp3) is 0.200. The van der Waals surface area contributed by atoms with Crippen LogP contribution < -0.4 is 10.2 Å². The summed E-state index contributed by atoms with van der Waals surface area (Å²) in [6.45, 7) is 3.63. The summed E-state index contributed by atoms with van der Waals surface area (Å²) < 4.78 is 0. The van der Waals surface area contributed by atoms with Crippen molar-refractivity contribution in [3.63, 3.8) is 0 Å². The maximum atomic E-state index is 4.61. The standard InChI is InChI=1S/C20H22N4/c1-16-7-6-10-18(13-16)14-22-19-11-12-21-20(23-19)24(2)15-17-8-4-3-5-9-17/h3-13H,14-15H2,1-2H3,(H,21,22,23). The van der Waals surface area contributed by atoms with Gasteiger partial charge in [0, 0.05) is 26.3 Å². The van der Waals surface area contributed by atoms with Crippen molar-refractivity contribution in [1.29, 1.82) is 0 Å². The van der Waals surface area contributed by atoms with Gasteiger partial charge in [-0.05, 0) is 24.1 Å². The van der Waals surface area contributed by atoms with Gasteiger partial charge in [0.2, 0.25) is 5.95 Å². The Morgan fingerprint density at radius 3 is 2.54 bits per heavy atom. The summed E-state index contributed by atoms with van der Waals surface area (Å²) in [4.78, 5) is 11.0. The molecule has 3 rings (SSSR count). The van der Waals surface area contributed by atoms with E-state index in [-0.39, 0.29) is 0 Å². The molecule has 0 fully saturated rings. The van der Waals surface area contributed by atoms with Gasteiger partial charge < -0.3 is 10.2 Å². The molecule has 1 N–H and O–H groups in total. The molecule has 0 aliphatic rings. The fourth-order valence-electron chi connectivity index (χ4n) is 2.57. The van der Waals surface area contributed by atoms with E-state index >= 15 is 0 Å². The number of hydrogen-bond donors (Lipinski definition) is 1. The Labute approximate surface area is 143 Å². The van der Waals surface area contributed by atoms with Crippen molar-refractivity contribution < 1.29 is 0 Å². The monoisotopic (exact) mass is 318 g/mol. The molecule has 0 saturated heterocycles. The number of aryl methyl sites for hydroxylation is 1. The van der Waals surface area contributed by atoms with Gasteiger partial charge in [-0.25, -0.2) is 4.98 Å². The number of hydrogen-bond acceptors (Lipinski definition) is 4. The van der Waals surface area contributed by atoms with Crippen molar-refractivity contribution in [3.8, 4) is 0 Å². The van der Waals surface area contributed by atoms with E-state index in [1.165, 1.54) is 16.7 Å². The lowest BCUT2D eigenvalue weighted by molar-refractivity contribution is 0.865. The van der Waals surface area contributed by atoms with Gasteiger partial charge in [-0.3, -0.25) is 0 Å². The second-order valence-electron chi connectivity index (χ2n) is 5.93. The molecule has 4 nitrogen and oxygen atoms in total. The van der Waals surface area contributed by atoms with Crippen LogP contribution in [0.1, 0.15) is 16.7 Å². The van der Waals surface area contributed by atoms with Gasteiger partial charge in [0.15, 0.2) is 0 Å². The first kappa shape index (κ1) is 16.0. The Morgan fingerprint density at radius 2 is 1.75 bits per heavy atom. The second-order valence-corrected chi connectivity index (χ2v) is 5.93. The number of aromatic nitrogens is 2. The Kier molecular flexibility index (Phi) is 5.06. The molecule has 0 atom stereocenters. The lowest BCUT2D eigenvalue weighted by atomic mass is 10.1. The average molecular weight is 318 g/mol. The molecule has 0 bridgehead atoms. The van der Waals surface area contributed by atoms with Gasteiger partial charge in [-0.1, -0.05) is 60.2 Å². The summed E-state index contributed by atoms with van der Waals surface area (Å²) in [7, 11) is 2.01. The SMILES string of the molecule is Cc1cccc(CNc2ccnc(N(C)Cc3ccccc3)n2)c1. The minimum atomic E-state index is 0.716. The van der Waals surface area contributed by atoms with Gasteiger partial charge in [0.1, 0.15) is 5.82 Å². The normalized spacial score (nSPS) is 10.4. The lowest BCUT2D eigenvalue weighted by Crippen LogP contribution is -2.19. The van der Waals surface area contributed by atoms with Crippen molar-refractivity contribution >= 4 is 11.8 Å². The van der Waals surface area contributed by atoms with Crippen LogP contribution in [-0.2, 0) is 13.1 Å². The minimum Gasteiger partial charge on any atom is -0.366 e. The molecule has 1 aromatic heterocycles. The smallest absolute Gasteiger partial charge is 0.227 e. The van der Waals surface area contributed by atoms with Crippen LogP contribution in [0.2, 0.25) is 0 Å². The lowest BCUT2D eigenvalue weighted by Gasteiger charge is -2.17. The molecule has 0 saturated carbocycles. The van der Waals surface area contributed by atoms with Crippen molar-refractivity contribution in [2.24, 2.45) is 0 Å². The van der Waals surface area contributed by atoms with Crippen LogP contribution in [0.4, 0.5) is 11.8 Å². The van der Waals surface area contributed by atoms with Crippen LogP contribution in [0.3, 0.4) is 0 Å². The molecule has 3 aromatic rings. The summed E-state index contributed by atoms with van der Waals surface area (Å²) in [6, 6.07) is 20.7. The van der Waals surface area contributed by atoms with E-state index in [9.17, 15) is 0 Å². The average Bonchev–Trinajstić information content (AvgIpc) is 2.61. The van der Waals surface area contributed by atoms with Crippen LogP contribution in [0.15, 0.2) is 66.9 Å². The third-order valence-corrected chi connectivity index (χ3v) is 3.80. The predicted molar refractivity (Wildman–Crippen MR) is 99.1 cm³/mol. The maximum absolute atomic E-state index is 4.61. The molecular weight excluding hydrogens is 296 g/mol. The van der Waals surface area contributed by atoms with Crippen molar-refractivity contribution in [1.82, 2.24) is 9.97 Å². The van der Waals surface area contributed by atoms with Gasteiger partial charge in [-0.15, -0.1) is 0 Å². The van der Waals surface area contributed by atoms with Crippen molar-refractivity contribution in [3.05, 3.63) is 83.6 Å². The zero-order chi connectivity index (χ0) is 16.8. The molecule has 1 heterocycles. The van der Waals surface area contributed by atoms with Crippen LogP contribution in [0, 0.1) is 6.92 Å². The van der Waals surface area contributed by atoms with E-state index in [4.69, 9.17) is 0 Å². The molecule has 0 spiro atoms. The summed E-state index contributed by atoms with van der Waals surface area (Å²) in [5.41, 5.74) is 3.75. The van der Waals surface area contributed by atoms with Gasteiger partial charge in [-0.2, -0.15) is 4.98 Å². The molecule has 2 aromatic carbocycles. The zero-order valence-electron chi connectivity index (χ0n) is 14.1. The second kappa shape index (κ2) is 7.59. The van der Waals surface area contributed by atoms with Gasteiger partial charge in [0.05, 0.1) is 0 Å². The number of anilines is 2. The fourth-order valence-corrected chi connectivity index (χ4v) is 2.57. The number of rotatable bonds is 6. The van der Waals surface area contributed by atoms with E-state index in [2.05, 4.69) is 58.6 Å². The largest absolute Gasteiger partial charge is 0.366 e. The zero-order valence-corrected chi connectivity index (χ0v) is 14.1. The minimum absolute atomic E-state index is 0.716. The van der Waals surface area contributed by atoms with Gasteiger partial charge >= 0.3 is 0 Å². The highest BCUT2D eigenvalue weighted by Crippen LogP contribution is 2.14. The molecule has 0 amide bonds. The van der Waals surface area contributed by atoms with Crippen LogP contribution in [0.25, 0.3) is 0 Å². The molecular formula is C20H22N4. The summed E-state index contributed by atoms with van der Waals surface area (Å²) >= 11 is 0. The van der Waals surface area contributed by atoms with Gasteiger partial charge in [0.25, 0.3) is 0 Å². The van der Waals surface area contributed by atoms with Crippen LogP contribution in [-0.4, -0.2) is 17.0 Å². The highest BCUT2D eigenvalue weighted by molar-refractivity contribution is 5.42. The third kappa shape index (κ3) is 4.32. The first-order valence-corrected chi connectivity index (χ1v) is 8.08. The molecule has 24 heavy (non-hydrogen) atoms. The van der Waals surface area contributed by atoms with Crippen LogP contribution >= 0.6 is 0 Å². The molecule has 0 aliphatic carbocycles. The summed E-state index contributed by atoms with van der Waals surface area (Å²) in [6.07, 6.45) is 1.79. The van der Waals surface area contributed by atoms with E-state index in [1.54, 1.807) is 6.20 Å². The molecule has 0 radical (unpaired) electrons. The number of nitrogens with zero attached hydrogens (tertiary/aromatic N) is 3. The quantitative estimate of drug-likeness (QED) is 0.745. The molecule has 0 aliphatic heterocycles. The predicted octanol–water partition coefficient (Wildman–Crippen LogP) is 4.03. The highest BCUT2D eigenvalue weighted by Gasteiger charge is 2.06. The number of nitrogens with one attached hydrogen (secondary N) is 1. The Bertz CT molecular complexity index is 786. The van der Waals surface area contributed by atoms with Crippen LogP contribution in [0.5, 0.6) is 0 Å². The summed E-state index contributed by atoms with van der Waals surface area (Å²) in [5, 5.41) is 3.37. The van der Waals surface area contributed by atoms with Crippen molar-refractivity contribution in [2.75, 3.05) is 17.3 Å². The molecule has 0 unspecified atom stereocenters. The van der Waals surface area contributed by atoms with E-state index in [0.717, 1.165) is 18.9 Å². The third-order valence-electron chi connectivity index (χ3n) is 3.80. The topological polar surface area (TPSA) is 41.1 Å². The van der Waals surface area contributed by atoms with E-state index in [1.807, 2.05) is 36.2 Å². The maximum Gasteiger partial charge on any atom is 0.227 e. The Balaban J connectivity index is 1.65. The molecule has 4 heteroatoms. The van der Waals surface area contributed by atoms with Crippen molar-refractivity contribution in [2.45, 2.75) is 20.0 Å².